The van der Waals surface area contributed by atoms with Crippen LogP contribution in [0.5, 0.6) is 0 Å². The maximum atomic E-state index is 12.3. The van der Waals surface area contributed by atoms with Gasteiger partial charge in [0.2, 0.25) is 5.91 Å². The van der Waals surface area contributed by atoms with Gasteiger partial charge in [-0.1, -0.05) is 48.5 Å². The van der Waals surface area contributed by atoms with Gasteiger partial charge < -0.3 is 20.5 Å². The summed E-state index contributed by atoms with van der Waals surface area (Å²) in [5.41, 5.74) is 4.67. The molecule has 3 N–H and O–H groups in total. The Morgan fingerprint density at radius 1 is 1.03 bits per heavy atom. The highest BCUT2D eigenvalue weighted by Crippen LogP contribution is 2.44. The van der Waals surface area contributed by atoms with E-state index in [9.17, 15) is 14.4 Å². The number of fused-ring (bicyclic) bond motifs is 3. The average Bonchev–Trinajstić information content (AvgIpc) is 3.51. The second-order valence-corrected chi connectivity index (χ2v) is 8.73. The molecule has 0 radical (unpaired) electrons. The van der Waals surface area contributed by atoms with Crippen molar-refractivity contribution in [1.29, 1.82) is 0 Å². The van der Waals surface area contributed by atoms with Crippen molar-refractivity contribution < 1.29 is 24.2 Å². The number of carboxylic acids is 1. The second kappa shape index (κ2) is 9.02. The zero-order valence-electron chi connectivity index (χ0n) is 18.2. The molecule has 1 saturated carbocycles. The minimum Gasteiger partial charge on any atom is -0.481 e. The monoisotopic (exact) mass is 436 g/mol. The Labute approximate surface area is 187 Å². The van der Waals surface area contributed by atoms with Gasteiger partial charge in [-0.05, 0) is 48.4 Å². The van der Waals surface area contributed by atoms with E-state index < -0.39 is 24.0 Å². The Morgan fingerprint density at radius 2 is 1.62 bits per heavy atom. The van der Waals surface area contributed by atoms with Crippen molar-refractivity contribution in [3.05, 3.63) is 59.7 Å². The normalized spacial score (nSPS) is 20.4. The first-order valence-corrected chi connectivity index (χ1v) is 11.0. The minimum atomic E-state index is -0.943. The smallest absolute Gasteiger partial charge is 0.407 e. The molecule has 0 aromatic heterocycles. The maximum Gasteiger partial charge on any atom is 0.407 e. The van der Waals surface area contributed by atoms with Crippen LogP contribution >= 0.6 is 0 Å². The SMILES string of the molecule is CC(NC(=O)[C@H]1C[C@H]1CNC(=O)OCC1c2ccccc2-c2ccccc21)C(C)C(=O)O. The van der Waals surface area contributed by atoms with Crippen LogP contribution in [0.15, 0.2) is 48.5 Å². The Balaban J connectivity index is 1.24. The number of carbonyl (C=O) groups is 3. The van der Waals surface area contributed by atoms with E-state index >= 15 is 0 Å². The summed E-state index contributed by atoms with van der Waals surface area (Å²) < 4.78 is 5.52. The van der Waals surface area contributed by atoms with E-state index in [4.69, 9.17) is 9.84 Å². The number of aliphatic carboxylic acids is 1. The first-order valence-electron chi connectivity index (χ1n) is 11.0. The summed E-state index contributed by atoms with van der Waals surface area (Å²) >= 11 is 0. The van der Waals surface area contributed by atoms with E-state index in [0.717, 1.165) is 11.1 Å². The number of amides is 2. The third kappa shape index (κ3) is 4.47. The summed E-state index contributed by atoms with van der Waals surface area (Å²) in [4.78, 5) is 35.6. The molecule has 0 heterocycles. The molecule has 2 aliphatic rings. The number of carbonyl (C=O) groups excluding carboxylic acids is 2. The van der Waals surface area contributed by atoms with E-state index in [0.29, 0.717) is 13.0 Å². The summed E-state index contributed by atoms with van der Waals surface area (Å²) in [5.74, 6) is -1.91. The summed E-state index contributed by atoms with van der Waals surface area (Å²) in [5, 5.41) is 14.6. The van der Waals surface area contributed by atoms with Crippen LogP contribution in [0, 0.1) is 17.8 Å². The highest BCUT2D eigenvalue weighted by Gasteiger charge is 2.43. The number of nitrogens with one attached hydrogen (secondary N) is 2. The van der Waals surface area contributed by atoms with Gasteiger partial charge in [0.1, 0.15) is 6.61 Å². The molecule has 0 bridgehead atoms. The van der Waals surface area contributed by atoms with Crippen LogP contribution in [0.2, 0.25) is 0 Å². The molecule has 2 aliphatic carbocycles. The van der Waals surface area contributed by atoms with Crippen LogP contribution in [0.4, 0.5) is 4.79 Å². The Hall–Kier alpha value is -3.35. The lowest BCUT2D eigenvalue weighted by atomic mass is 9.98. The number of benzene rings is 2. The molecule has 1 fully saturated rings. The summed E-state index contributed by atoms with van der Waals surface area (Å²) in [6.07, 6.45) is 0.176. The third-order valence-electron chi connectivity index (χ3n) is 6.62. The first kappa shape index (κ1) is 21.9. The van der Waals surface area contributed by atoms with Crippen molar-refractivity contribution in [2.24, 2.45) is 17.8 Å². The van der Waals surface area contributed by atoms with Gasteiger partial charge in [-0.3, -0.25) is 9.59 Å². The second-order valence-electron chi connectivity index (χ2n) is 8.73. The molecular weight excluding hydrogens is 408 g/mol. The first-order chi connectivity index (χ1) is 15.4. The van der Waals surface area contributed by atoms with Gasteiger partial charge in [-0.2, -0.15) is 0 Å². The average molecular weight is 437 g/mol. The molecule has 2 amide bonds. The summed E-state index contributed by atoms with van der Waals surface area (Å²) in [6.45, 7) is 3.86. The summed E-state index contributed by atoms with van der Waals surface area (Å²) in [6, 6.07) is 15.9. The van der Waals surface area contributed by atoms with Gasteiger partial charge in [-0.25, -0.2) is 4.79 Å². The van der Waals surface area contributed by atoms with Crippen LogP contribution in [-0.4, -0.2) is 42.3 Å². The molecule has 2 aromatic rings. The van der Waals surface area contributed by atoms with Gasteiger partial charge >= 0.3 is 12.1 Å². The number of ether oxygens (including phenoxy) is 1. The molecule has 0 saturated heterocycles. The quantitative estimate of drug-likeness (QED) is 0.588. The van der Waals surface area contributed by atoms with Crippen molar-refractivity contribution >= 4 is 18.0 Å². The molecule has 7 heteroatoms. The Kier molecular flexibility index (Phi) is 6.17. The molecule has 4 atom stereocenters. The maximum absolute atomic E-state index is 12.3. The summed E-state index contributed by atoms with van der Waals surface area (Å²) in [7, 11) is 0. The van der Waals surface area contributed by atoms with Gasteiger partial charge in [0, 0.05) is 24.4 Å². The minimum absolute atomic E-state index is 0.00492. The van der Waals surface area contributed by atoms with Crippen LogP contribution < -0.4 is 10.6 Å². The molecule has 168 valence electrons. The molecule has 4 rings (SSSR count). The number of rotatable bonds is 8. The molecule has 7 nitrogen and oxygen atoms in total. The predicted octanol–water partition coefficient (Wildman–Crippen LogP) is 3.39. The lowest BCUT2D eigenvalue weighted by Crippen LogP contribution is -2.41. The van der Waals surface area contributed by atoms with Crippen molar-refractivity contribution in [3.8, 4) is 11.1 Å². The highest BCUT2D eigenvalue weighted by molar-refractivity contribution is 5.83. The lowest BCUT2D eigenvalue weighted by molar-refractivity contribution is -0.142. The number of carboxylic acid groups (broad SMARTS) is 1. The molecule has 0 aliphatic heterocycles. The predicted molar refractivity (Wildman–Crippen MR) is 119 cm³/mol. The van der Waals surface area contributed by atoms with E-state index in [-0.39, 0.29) is 30.3 Å². The fourth-order valence-corrected chi connectivity index (χ4v) is 4.33. The van der Waals surface area contributed by atoms with Crippen molar-refractivity contribution in [2.45, 2.75) is 32.2 Å². The molecule has 2 unspecified atom stereocenters. The van der Waals surface area contributed by atoms with Crippen LogP contribution in [0.3, 0.4) is 0 Å². The molecule has 2 aromatic carbocycles. The fourth-order valence-electron chi connectivity index (χ4n) is 4.33. The van der Waals surface area contributed by atoms with Crippen molar-refractivity contribution in [1.82, 2.24) is 10.6 Å². The van der Waals surface area contributed by atoms with E-state index in [1.165, 1.54) is 11.1 Å². The van der Waals surface area contributed by atoms with Gasteiger partial charge in [0.15, 0.2) is 0 Å². The van der Waals surface area contributed by atoms with Crippen LogP contribution in [0.25, 0.3) is 11.1 Å². The van der Waals surface area contributed by atoms with Gasteiger partial charge in [0.05, 0.1) is 5.92 Å². The van der Waals surface area contributed by atoms with Crippen LogP contribution in [-0.2, 0) is 14.3 Å². The van der Waals surface area contributed by atoms with Crippen molar-refractivity contribution in [3.63, 3.8) is 0 Å². The van der Waals surface area contributed by atoms with Gasteiger partial charge in [0.25, 0.3) is 0 Å². The highest BCUT2D eigenvalue weighted by atomic mass is 16.5. The van der Waals surface area contributed by atoms with E-state index in [1.807, 2.05) is 24.3 Å². The number of alkyl carbamates (subject to hydrolysis) is 1. The van der Waals surface area contributed by atoms with Crippen molar-refractivity contribution in [2.75, 3.05) is 13.2 Å². The van der Waals surface area contributed by atoms with E-state index in [1.54, 1.807) is 13.8 Å². The Bertz CT molecular complexity index is 991. The third-order valence-corrected chi connectivity index (χ3v) is 6.62. The molecular formula is C25H28N2O5. The Morgan fingerprint density at radius 3 is 2.22 bits per heavy atom. The number of hydrogen-bond acceptors (Lipinski definition) is 4. The molecule has 0 spiro atoms. The number of hydrogen-bond donors (Lipinski definition) is 3. The fraction of sp³-hybridized carbons (Fsp3) is 0.400. The standard InChI is InChI=1S/C25H28N2O5/c1-14(24(29)30)15(2)27-23(28)21-11-16(21)12-26-25(31)32-13-22-19-9-5-3-7-17(19)18-8-4-6-10-20(18)22/h3-10,14-16,21-22H,11-13H2,1-2H3,(H,26,31)(H,27,28)(H,29,30)/t14?,15?,16-,21-/m0/s1. The molecule has 32 heavy (non-hydrogen) atoms. The largest absolute Gasteiger partial charge is 0.481 e. The lowest BCUT2D eigenvalue weighted by Gasteiger charge is -2.17. The van der Waals surface area contributed by atoms with E-state index in [2.05, 4.69) is 34.9 Å². The zero-order valence-corrected chi connectivity index (χ0v) is 18.2. The zero-order chi connectivity index (χ0) is 22.8. The topological polar surface area (TPSA) is 105 Å². The van der Waals surface area contributed by atoms with Crippen LogP contribution in [0.1, 0.15) is 37.3 Å². The van der Waals surface area contributed by atoms with Gasteiger partial charge in [-0.15, -0.1) is 0 Å².